The number of hydrogen-bond donors (Lipinski definition) is 0. The van der Waals surface area contributed by atoms with E-state index in [1.807, 2.05) is 54.5 Å². The summed E-state index contributed by atoms with van der Waals surface area (Å²) in [5, 5.41) is 0. The van der Waals surface area contributed by atoms with E-state index in [0.29, 0.717) is 6.54 Å². The molecule has 0 aromatic rings. The van der Waals surface area contributed by atoms with Crippen molar-refractivity contribution in [2.45, 2.75) is 77.5 Å². The number of rotatable bonds is 1. The van der Waals surface area contributed by atoms with Crippen molar-refractivity contribution in [3.8, 4) is 0 Å². The highest BCUT2D eigenvalue weighted by Gasteiger charge is 2.53. The Morgan fingerprint density at radius 1 is 1.23 bits per heavy atom. The summed E-state index contributed by atoms with van der Waals surface area (Å²) in [6.45, 7) is 14.4. The van der Waals surface area contributed by atoms with Gasteiger partial charge in [0, 0.05) is 18.6 Å². The number of carbonyl (C=O) groups excluding carboxylic acids is 1. The van der Waals surface area contributed by atoms with Crippen molar-refractivity contribution in [3.63, 3.8) is 0 Å². The van der Waals surface area contributed by atoms with Crippen LogP contribution in [0.5, 0.6) is 0 Å². The van der Waals surface area contributed by atoms with E-state index in [1.54, 1.807) is 11.1 Å². The van der Waals surface area contributed by atoms with Gasteiger partial charge in [-0.3, -0.25) is 4.90 Å². The molecule has 1 atom stereocenters. The molecule has 0 saturated carbocycles. The van der Waals surface area contributed by atoms with Crippen LogP contribution in [0.2, 0.25) is 5.82 Å². The number of hydrogen-bond acceptors (Lipinski definition) is 4. The summed E-state index contributed by atoms with van der Waals surface area (Å²) >= 11 is 0. The average Bonchev–Trinajstić information content (AvgIpc) is 2.56. The maximum atomic E-state index is 12.0. The van der Waals surface area contributed by atoms with Crippen molar-refractivity contribution in [1.29, 1.82) is 0 Å². The van der Waals surface area contributed by atoms with E-state index in [4.69, 9.17) is 14.0 Å². The Bertz CT molecular complexity index is 451. The van der Waals surface area contributed by atoms with Crippen molar-refractivity contribution in [1.82, 2.24) is 4.90 Å². The van der Waals surface area contributed by atoms with Crippen LogP contribution in [0.3, 0.4) is 0 Å². The quantitative estimate of drug-likeness (QED) is 0.694. The summed E-state index contributed by atoms with van der Waals surface area (Å²) in [6.07, 6.45) is 4.26. The second-order valence-corrected chi connectivity index (χ2v) is 8.09. The van der Waals surface area contributed by atoms with Gasteiger partial charge in [0.15, 0.2) is 0 Å². The van der Waals surface area contributed by atoms with Gasteiger partial charge >= 0.3 is 13.2 Å². The van der Waals surface area contributed by atoms with Crippen molar-refractivity contribution < 1.29 is 18.8 Å². The predicted octanol–water partition coefficient (Wildman–Crippen LogP) is 3.60. The van der Waals surface area contributed by atoms with Gasteiger partial charge in [0.1, 0.15) is 5.60 Å². The van der Waals surface area contributed by atoms with Crippen LogP contribution >= 0.6 is 0 Å². The first-order chi connectivity index (χ1) is 9.91. The first-order valence-corrected chi connectivity index (χ1v) is 7.95. The number of allylic oxidation sites excluding steroid dienone is 1. The van der Waals surface area contributed by atoms with E-state index < -0.39 is 5.60 Å². The average molecular weight is 309 g/mol. The van der Waals surface area contributed by atoms with Crippen molar-refractivity contribution in [3.05, 3.63) is 12.3 Å². The van der Waals surface area contributed by atoms with Gasteiger partial charge in [-0.25, -0.2) is 4.79 Å². The highest BCUT2D eigenvalue weighted by atomic mass is 16.7. The third kappa shape index (κ3) is 3.66. The van der Waals surface area contributed by atoms with Gasteiger partial charge in [0.05, 0.1) is 11.2 Å². The van der Waals surface area contributed by atoms with Crippen LogP contribution in [0.4, 0.5) is 4.79 Å². The minimum atomic E-state index is -0.479. The van der Waals surface area contributed by atoms with Crippen LogP contribution < -0.4 is 0 Å². The molecule has 124 valence electrons. The maximum Gasteiger partial charge on any atom is 0.465 e. The molecule has 0 aromatic heterocycles. The molecule has 2 aliphatic rings. The van der Waals surface area contributed by atoms with Gasteiger partial charge < -0.3 is 14.0 Å². The Morgan fingerprint density at radius 2 is 1.77 bits per heavy atom. The molecule has 0 aliphatic carbocycles. The van der Waals surface area contributed by atoms with E-state index in [1.165, 1.54) is 0 Å². The molecule has 22 heavy (non-hydrogen) atoms. The van der Waals surface area contributed by atoms with E-state index in [-0.39, 0.29) is 30.2 Å². The lowest BCUT2D eigenvalue weighted by Gasteiger charge is -2.32. The zero-order valence-electron chi connectivity index (χ0n) is 14.8. The number of carbonyl (C=O) groups is 1. The maximum absolute atomic E-state index is 12.0. The summed E-state index contributed by atoms with van der Waals surface area (Å²) in [5.41, 5.74) is -1.13. The third-order valence-corrected chi connectivity index (χ3v) is 4.47. The normalized spacial score (nSPS) is 27.1. The molecule has 0 radical (unpaired) electrons. The predicted molar refractivity (Wildman–Crippen MR) is 86.5 cm³/mol. The first kappa shape index (κ1) is 17.4. The molecule has 5 nitrogen and oxygen atoms in total. The zero-order chi connectivity index (χ0) is 16.8. The van der Waals surface area contributed by atoms with Gasteiger partial charge in [0.2, 0.25) is 0 Å². The largest absolute Gasteiger partial charge is 0.465 e. The molecule has 0 N–H and O–H groups in total. The molecule has 1 unspecified atom stereocenters. The molecule has 0 bridgehead atoms. The number of ether oxygens (including phenoxy) is 1. The van der Waals surface area contributed by atoms with Crippen LogP contribution in [-0.4, -0.2) is 41.5 Å². The first-order valence-electron chi connectivity index (χ1n) is 7.95. The molecular formula is C16H28BNO4. The Kier molecular flexibility index (Phi) is 4.39. The van der Waals surface area contributed by atoms with Crippen molar-refractivity contribution in [2.75, 3.05) is 6.54 Å². The molecule has 0 spiro atoms. The molecule has 1 fully saturated rings. The van der Waals surface area contributed by atoms with Crippen LogP contribution in [0, 0.1) is 0 Å². The fourth-order valence-electron chi connectivity index (χ4n) is 2.44. The minimum absolute atomic E-state index is 0.153. The molecule has 2 rings (SSSR count). The lowest BCUT2D eigenvalue weighted by molar-refractivity contribution is 0.00578. The summed E-state index contributed by atoms with van der Waals surface area (Å²) in [7, 11) is -0.262. The number of amides is 1. The standard InChI is InChI=1S/C16H28BNO4/c1-14(2,3)20-13(19)18-10-8-12(9-11-18)17-21-15(4,5)16(6,7)22-17/h8,10,12H,9,11H2,1-7H3. The van der Waals surface area contributed by atoms with Crippen LogP contribution in [-0.2, 0) is 14.0 Å². The fraction of sp³-hybridized carbons (Fsp3) is 0.812. The summed E-state index contributed by atoms with van der Waals surface area (Å²) in [4.78, 5) is 13.6. The molecular weight excluding hydrogens is 281 g/mol. The molecule has 6 heteroatoms. The van der Waals surface area contributed by atoms with Crippen LogP contribution in [0.1, 0.15) is 54.9 Å². The molecule has 0 aromatic carbocycles. The topological polar surface area (TPSA) is 48.0 Å². The van der Waals surface area contributed by atoms with Crippen LogP contribution in [0.15, 0.2) is 12.3 Å². The lowest BCUT2D eigenvalue weighted by atomic mass is 9.69. The van der Waals surface area contributed by atoms with E-state index in [0.717, 1.165) is 6.42 Å². The fourth-order valence-corrected chi connectivity index (χ4v) is 2.44. The SMILES string of the molecule is CC(C)(C)OC(=O)N1C=CC(B2OC(C)(C)C(C)(C)O2)CC1. The van der Waals surface area contributed by atoms with Crippen LogP contribution in [0.25, 0.3) is 0 Å². The zero-order valence-corrected chi connectivity index (χ0v) is 14.8. The van der Waals surface area contributed by atoms with Gasteiger partial charge in [-0.1, -0.05) is 6.08 Å². The van der Waals surface area contributed by atoms with Crippen molar-refractivity contribution >= 4 is 13.2 Å². The monoisotopic (exact) mass is 309 g/mol. The van der Waals surface area contributed by atoms with E-state index in [2.05, 4.69) is 0 Å². The second-order valence-electron chi connectivity index (χ2n) is 8.09. The van der Waals surface area contributed by atoms with E-state index >= 15 is 0 Å². The van der Waals surface area contributed by atoms with Crippen molar-refractivity contribution in [2.24, 2.45) is 0 Å². The Morgan fingerprint density at radius 3 is 2.18 bits per heavy atom. The minimum Gasteiger partial charge on any atom is -0.443 e. The summed E-state index contributed by atoms with van der Waals surface area (Å²) < 4.78 is 17.5. The Balaban J connectivity index is 1.97. The highest BCUT2D eigenvalue weighted by molar-refractivity contribution is 6.48. The lowest BCUT2D eigenvalue weighted by Crippen LogP contribution is -2.41. The smallest absolute Gasteiger partial charge is 0.443 e. The van der Waals surface area contributed by atoms with Gasteiger partial charge in [-0.15, -0.1) is 0 Å². The molecule has 2 aliphatic heterocycles. The van der Waals surface area contributed by atoms with Gasteiger partial charge in [0.25, 0.3) is 0 Å². The third-order valence-electron chi connectivity index (χ3n) is 4.47. The number of nitrogens with zero attached hydrogens (tertiary/aromatic N) is 1. The highest BCUT2D eigenvalue weighted by Crippen LogP contribution is 2.41. The Hall–Kier alpha value is -1.01. The molecule has 2 heterocycles. The second kappa shape index (κ2) is 5.57. The van der Waals surface area contributed by atoms with Gasteiger partial charge in [-0.05, 0) is 54.9 Å². The molecule has 1 amide bonds. The summed E-state index contributed by atoms with van der Waals surface area (Å²) in [5.74, 6) is 0.153. The Labute approximate surface area is 134 Å². The molecule has 1 saturated heterocycles. The van der Waals surface area contributed by atoms with Gasteiger partial charge in [-0.2, -0.15) is 0 Å². The summed E-state index contributed by atoms with van der Waals surface area (Å²) in [6, 6.07) is 0. The van der Waals surface area contributed by atoms with E-state index in [9.17, 15) is 4.79 Å².